The number of esters is 2. The summed E-state index contributed by atoms with van der Waals surface area (Å²) in [6.45, 7) is 8.98. The summed E-state index contributed by atoms with van der Waals surface area (Å²) in [5, 5.41) is 3.57. The molecule has 0 spiro atoms. The summed E-state index contributed by atoms with van der Waals surface area (Å²) in [7, 11) is 0. The molecule has 0 unspecified atom stereocenters. The van der Waals surface area contributed by atoms with Crippen molar-refractivity contribution >= 4 is 11.9 Å². The van der Waals surface area contributed by atoms with Gasteiger partial charge in [0, 0.05) is 37.6 Å². The average Bonchev–Trinajstić information content (AvgIpc) is 3.56. The van der Waals surface area contributed by atoms with Crippen LogP contribution in [0, 0.1) is 40.4 Å². The van der Waals surface area contributed by atoms with E-state index < -0.39 is 0 Å². The van der Waals surface area contributed by atoms with Crippen LogP contribution in [0.1, 0.15) is 98.3 Å². The first-order valence-corrected chi connectivity index (χ1v) is 14.7. The molecule has 5 heteroatoms. The third-order valence-corrected chi connectivity index (χ3v) is 11.6. The molecule has 0 saturated heterocycles. The van der Waals surface area contributed by atoms with Gasteiger partial charge in [0.05, 0.1) is 0 Å². The highest BCUT2D eigenvalue weighted by Crippen LogP contribution is 2.67. The molecule has 5 aliphatic carbocycles. The number of allylic oxidation sites excluding steroid dienone is 1. The van der Waals surface area contributed by atoms with Crippen LogP contribution in [-0.4, -0.2) is 30.2 Å². The molecule has 0 bridgehead atoms. The third kappa shape index (κ3) is 4.13. The van der Waals surface area contributed by atoms with Crippen molar-refractivity contribution in [1.82, 2.24) is 5.32 Å². The van der Waals surface area contributed by atoms with E-state index in [0.29, 0.717) is 23.3 Å². The zero-order valence-electron chi connectivity index (χ0n) is 22.7. The summed E-state index contributed by atoms with van der Waals surface area (Å²) in [6.07, 6.45) is 17.0. The largest absolute Gasteiger partial charge is 0.462 e. The molecule has 0 amide bonds. The first-order valence-electron chi connectivity index (χ1n) is 14.7. The quantitative estimate of drug-likeness (QED) is 0.370. The number of carbonyl (C=O) groups excluding carboxylic acids is 2. The van der Waals surface area contributed by atoms with Gasteiger partial charge < -0.3 is 14.8 Å². The van der Waals surface area contributed by atoms with Crippen molar-refractivity contribution in [3.05, 3.63) is 23.4 Å². The standard InChI is InChI=1S/C31H45NO4/c1-18(28-16-22(17-29(34)36-28)32-21-6-7-21)25-9-10-26-24-8-5-20-15-23(35-19(2)33)11-13-30(20,3)27(24)12-14-31(25,26)4/h5,17-18,21,23-28,32H,6-16H2,1-4H3/t18-,23-,24-,25+,26-,27-,28+,30-,31+/m0/s1. The van der Waals surface area contributed by atoms with E-state index in [9.17, 15) is 9.59 Å². The van der Waals surface area contributed by atoms with Gasteiger partial charge >= 0.3 is 11.9 Å². The summed E-state index contributed by atoms with van der Waals surface area (Å²) in [5.74, 6) is 2.94. The van der Waals surface area contributed by atoms with Crippen molar-refractivity contribution in [1.29, 1.82) is 0 Å². The number of fused-ring (bicyclic) bond motifs is 5. The highest BCUT2D eigenvalue weighted by molar-refractivity contribution is 5.83. The second-order valence-corrected chi connectivity index (χ2v) is 13.6. The van der Waals surface area contributed by atoms with Crippen molar-refractivity contribution in [2.24, 2.45) is 40.4 Å². The summed E-state index contributed by atoms with van der Waals surface area (Å²) in [5.41, 5.74) is 3.24. The Hall–Kier alpha value is -1.78. The zero-order chi connectivity index (χ0) is 25.2. The van der Waals surface area contributed by atoms with Gasteiger partial charge in [-0.1, -0.05) is 32.4 Å². The van der Waals surface area contributed by atoms with Crippen LogP contribution in [0.15, 0.2) is 23.4 Å². The van der Waals surface area contributed by atoms with E-state index in [-0.39, 0.29) is 29.6 Å². The Bertz CT molecular complexity index is 981. The highest BCUT2D eigenvalue weighted by Gasteiger charge is 2.60. The number of hydrogen-bond acceptors (Lipinski definition) is 5. The molecule has 0 aromatic rings. The molecule has 6 rings (SSSR count). The van der Waals surface area contributed by atoms with Gasteiger partial charge in [0.25, 0.3) is 0 Å². The topological polar surface area (TPSA) is 64.6 Å². The van der Waals surface area contributed by atoms with Gasteiger partial charge in [0.15, 0.2) is 0 Å². The number of ether oxygens (including phenoxy) is 2. The summed E-state index contributed by atoms with van der Waals surface area (Å²) < 4.78 is 11.6. The third-order valence-electron chi connectivity index (χ3n) is 11.6. The van der Waals surface area contributed by atoms with Crippen molar-refractivity contribution in [2.45, 2.75) is 117 Å². The normalized spacial score (nSPS) is 44.7. The van der Waals surface area contributed by atoms with Crippen LogP contribution in [0.5, 0.6) is 0 Å². The molecule has 36 heavy (non-hydrogen) atoms. The molecule has 4 saturated carbocycles. The summed E-state index contributed by atoms with van der Waals surface area (Å²) in [6, 6.07) is 0.566. The molecule has 4 fully saturated rings. The monoisotopic (exact) mass is 495 g/mol. The molecule has 1 N–H and O–H groups in total. The van der Waals surface area contributed by atoms with Gasteiger partial charge in [-0.25, -0.2) is 4.79 Å². The zero-order valence-corrected chi connectivity index (χ0v) is 22.7. The summed E-state index contributed by atoms with van der Waals surface area (Å²) in [4.78, 5) is 24.0. The van der Waals surface area contributed by atoms with Gasteiger partial charge in [-0.3, -0.25) is 4.79 Å². The molecule has 0 aromatic carbocycles. The van der Waals surface area contributed by atoms with E-state index in [4.69, 9.17) is 9.47 Å². The SMILES string of the molecule is CC(=O)O[C@H]1CC[C@@]2(C)C(=CC[C@H]3[C@@H]4CC[C@H]([C@H](C)[C@H]5CC(NC6CC6)=CC(=O)O5)[C@@]4(C)CC[C@@H]32)C1. The van der Waals surface area contributed by atoms with Crippen LogP contribution in [0.4, 0.5) is 0 Å². The van der Waals surface area contributed by atoms with E-state index in [1.807, 2.05) is 0 Å². The van der Waals surface area contributed by atoms with Crippen LogP contribution in [0.2, 0.25) is 0 Å². The predicted molar refractivity (Wildman–Crippen MR) is 139 cm³/mol. The van der Waals surface area contributed by atoms with Gasteiger partial charge in [0.2, 0.25) is 0 Å². The molecule has 6 aliphatic rings. The lowest BCUT2D eigenvalue weighted by molar-refractivity contribution is -0.150. The smallest absolute Gasteiger partial charge is 0.332 e. The highest BCUT2D eigenvalue weighted by atomic mass is 16.5. The minimum Gasteiger partial charge on any atom is -0.462 e. The predicted octanol–water partition coefficient (Wildman–Crippen LogP) is 6.08. The average molecular weight is 496 g/mol. The molecule has 5 nitrogen and oxygen atoms in total. The lowest BCUT2D eigenvalue weighted by atomic mass is 9.47. The molecule has 198 valence electrons. The molecule has 1 heterocycles. The van der Waals surface area contributed by atoms with Crippen LogP contribution in [-0.2, 0) is 19.1 Å². The first-order chi connectivity index (χ1) is 17.2. The molecule has 9 atom stereocenters. The maximum absolute atomic E-state index is 12.4. The van der Waals surface area contributed by atoms with Crippen molar-refractivity contribution in [3.8, 4) is 0 Å². The lowest BCUT2D eigenvalue weighted by Gasteiger charge is -2.58. The Kier molecular flexibility index (Phi) is 6.08. The van der Waals surface area contributed by atoms with Crippen molar-refractivity contribution < 1.29 is 19.1 Å². The van der Waals surface area contributed by atoms with E-state index in [0.717, 1.165) is 49.1 Å². The second kappa shape index (κ2) is 8.91. The number of nitrogens with one attached hydrogen (secondary N) is 1. The Labute approximate surface area is 216 Å². The maximum atomic E-state index is 12.4. The Morgan fingerprint density at radius 1 is 1.08 bits per heavy atom. The maximum Gasteiger partial charge on any atom is 0.332 e. The van der Waals surface area contributed by atoms with Gasteiger partial charge in [0.1, 0.15) is 12.2 Å². The molecule has 1 aliphatic heterocycles. The van der Waals surface area contributed by atoms with Crippen molar-refractivity contribution in [3.63, 3.8) is 0 Å². The molecule has 0 aromatic heterocycles. The first kappa shape index (κ1) is 24.6. The second-order valence-electron chi connectivity index (χ2n) is 13.6. The van der Waals surface area contributed by atoms with E-state index in [1.54, 1.807) is 11.6 Å². The summed E-state index contributed by atoms with van der Waals surface area (Å²) >= 11 is 0. The molecular formula is C31H45NO4. The Morgan fingerprint density at radius 2 is 1.89 bits per heavy atom. The van der Waals surface area contributed by atoms with Gasteiger partial charge in [-0.05, 0) is 98.2 Å². The fraction of sp³-hybridized carbons (Fsp3) is 0.806. The van der Waals surface area contributed by atoms with E-state index >= 15 is 0 Å². The van der Waals surface area contributed by atoms with Crippen LogP contribution >= 0.6 is 0 Å². The van der Waals surface area contributed by atoms with Gasteiger partial charge in [-0.2, -0.15) is 0 Å². The van der Waals surface area contributed by atoms with Crippen LogP contribution in [0.3, 0.4) is 0 Å². The van der Waals surface area contributed by atoms with Crippen LogP contribution in [0.25, 0.3) is 0 Å². The Morgan fingerprint density at radius 3 is 2.64 bits per heavy atom. The fourth-order valence-corrected chi connectivity index (χ4v) is 9.65. The van der Waals surface area contributed by atoms with Gasteiger partial charge in [-0.15, -0.1) is 0 Å². The van der Waals surface area contributed by atoms with Crippen molar-refractivity contribution in [2.75, 3.05) is 0 Å². The fourth-order valence-electron chi connectivity index (χ4n) is 9.65. The number of hydrogen-bond donors (Lipinski definition) is 1. The number of cyclic esters (lactones) is 1. The number of carbonyl (C=O) groups is 2. The van der Waals surface area contributed by atoms with E-state index in [2.05, 4.69) is 32.2 Å². The van der Waals surface area contributed by atoms with Crippen LogP contribution < -0.4 is 5.32 Å². The Balaban J connectivity index is 1.17. The minimum absolute atomic E-state index is 0.00558. The molecule has 0 radical (unpaired) electrons. The molecular weight excluding hydrogens is 450 g/mol. The number of rotatable bonds is 5. The lowest BCUT2D eigenvalue weighted by Crippen LogP contribution is -2.51. The minimum atomic E-state index is -0.160. The van der Waals surface area contributed by atoms with E-state index in [1.165, 1.54) is 51.9 Å².